The van der Waals surface area contributed by atoms with Crippen LogP contribution in [0.4, 0.5) is 0 Å². The first-order chi connectivity index (χ1) is 17.2. The molecule has 5 nitrogen and oxygen atoms in total. The first kappa shape index (κ1) is 26.6. The summed E-state index contributed by atoms with van der Waals surface area (Å²) in [6.07, 6.45) is 9.86. The van der Waals surface area contributed by atoms with E-state index in [2.05, 4.69) is 41.5 Å². The highest BCUT2D eigenvalue weighted by Crippen LogP contribution is 2.79. The number of carbonyl (C=O) groups is 1. The van der Waals surface area contributed by atoms with Crippen LogP contribution in [0.15, 0.2) is 0 Å². The van der Waals surface area contributed by atoms with Gasteiger partial charge in [-0.2, -0.15) is 0 Å². The summed E-state index contributed by atoms with van der Waals surface area (Å²) in [5.74, 6) is 1.12. The quantitative estimate of drug-likeness (QED) is 0.438. The van der Waals surface area contributed by atoms with E-state index in [1.807, 2.05) is 6.92 Å². The molecule has 37 heavy (non-hydrogen) atoms. The van der Waals surface area contributed by atoms with Gasteiger partial charge < -0.3 is 19.7 Å². The van der Waals surface area contributed by atoms with Crippen LogP contribution in [-0.4, -0.2) is 41.3 Å². The Morgan fingerprint density at radius 1 is 0.919 bits per heavy atom. The van der Waals surface area contributed by atoms with Gasteiger partial charge in [0.25, 0.3) is 0 Å². The number of carboxylic acids is 1. The fraction of sp³-hybridized carbons (Fsp3) is 0.969. The highest BCUT2D eigenvalue weighted by atomic mass is 16.7. The Morgan fingerprint density at radius 3 is 2.24 bits per heavy atom. The number of fused-ring (bicyclic) bond motifs is 7. The molecular weight excluding hydrogens is 464 g/mol. The van der Waals surface area contributed by atoms with Crippen LogP contribution in [0.1, 0.15) is 113 Å². The van der Waals surface area contributed by atoms with Gasteiger partial charge in [-0.15, -0.1) is 0 Å². The summed E-state index contributed by atoms with van der Waals surface area (Å²) < 4.78 is 12.8. The normalized spacial score (nSPS) is 60.6. The van der Waals surface area contributed by atoms with Crippen molar-refractivity contribution in [3.8, 4) is 0 Å². The number of ether oxygens (including phenoxy) is 2. The fourth-order valence-corrected chi connectivity index (χ4v) is 12.3. The highest BCUT2D eigenvalue weighted by molar-refractivity contribution is 5.74. The zero-order chi connectivity index (χ0) is 26.8. The minimum absolute atomic E-state index is 0.00877. The van der Waals surface area contributed by atoms with Crippen LogP contribution in [0, 0.1) is 56.2 Å². The molecule has 210 valence electrons. The van der Waals surface area contributed by atoms with Crippen LogP contribution in [0.2, 0.25) is 0 Å². The predicted octanol–water partition coefficient (Wildman–Crippen LogP) is 6.66. The Balaban J connectivity index is 1.40. The molecule has 2 N–H and O–H groups in total. The van der Waals surface area contributed by atoms with Crippen molar-refractivity contribution in [2.75, 3.05) is 6.61 Å². The van der Waals surface area contributed by atoms with E-state index in [1.165, 1.54) is 19.3 Å². The standard InChI is InChI=1S/C32H52O5/c1-8-36-26-32-10-9-21-29(5,22(32)17-20(33)24(37-26)19(32)2)14-16-31(7)23-18-28(4,25(34)35)12-11-27(23,3)13-15-30(21,31)6/h19-24,26,33H,8-18H2,1-7H3,(H,34,35)/t19-,20+,21-,22-,23+,24+,26-,27+,28+,29+,30+,31-,32-/m0/s1. The van der Waals surface area contributed by atoms with Gasteiger partial charge in [-0.05, 0) is 123 Å². The van der Waals surface area contributed by atoms with E-state index < -0.39 is 17.5 Å². The number of hydrogen-bond acceptors (Lipinski definition) is 4. The van der Waals surface area contributed by atoms with Crippen molar-refractivity contribution in [2.45, 2.75) is 131 Å². The Morgan fingerprint density at radius 2 is 1.57 bits per heavy atom. The molecule has 2 bridgehead atoms. The van der Waals surface area contributed by atoms with Crippen molar-refractivity contribution in [1.82, 2.24) is 0 Å². The molecule has 6 rings (SSSR count). The van der Waals surface area contributed by atoms with Crippen molar-refractivity contribution in [2.24, 2.45) is 56.2 Å². The Bertz CT molecular complexity index is 967. The Hall–Kier alpha value is -0.650. The van der Waals surface area contributed by atoms with Crippen LogP contribution in [0.5, 0.6) is 0 Å². The second-order valence-electron chi connectivity index (χ2n) is 15.9. The lowest BCUT2D eigenvalue weighted by atomic mass is 9.30. The Kier molecular flexibility index (Phi) is 5.72. The van der Waals surface area contributed by atoms with Gasteiger partial charge in [0.1, 0.15) is 0 Å². The van der Waals surface area contributed by atoms with E-state index in [9.17, 15) is 15.0 Å². The van der Waals surface area contributed by atoms with E-state index in [0.29, 0.717) is 30.3 Å². The van der Waals surface area contributed by atoms with Crippen molar-refractivity contribution >= 4 is 5.97 Å². The molecule has 1 aliphatic heterocycles. The molecule has 0 amide bonds. The van der Waals surface area contributed by atoms with E-state index in [0.717, 1.165) is 44.9 Å². The van der Waals surface area contributed by atoms with Crippen LogP contribution < -0.4 is 0 Å². The van der Waals surface area contributed by atoms with E-state index in [4.69, 9.17) is 9.47 Å². The van der Waals surface area contributed by atoms with Gasteiger partial charge in [0.2, 0.25) is 0 Å². The van der Waals surface area contributed by atoms with Crippen LogP contribution in [0.3, 0.4) is 0 Å². The molecule has 0 aromatic rings. The van der Waals surface area contributed by atoms with Crippen LogP contribution in [0.25, 0.3) is 0 Å². The zero-order valence-electron chi connectivity index (χ0n) is 24.4. The predicted molar refractivity (Wildman–Crippen MR) is 143 cm³/mol. The zero-order valence-corrected chi connectivity index (χ0v) is 24.4. The summed E-state index contributed by atoms with van der Waals surface area (Å²) in [5.41, 5.74) is 0.0773. The number of rotatable bonds is 3. The minimum Gasteiger partial charge on any atom is -0.481 e. The van der Waals surface area contributed by atoms with Gasteiger partial charge in [-0.1, -0.05) is 34.6 Å². The average molecular weight is 517 g/mol. The number of hydrogen-bond donors (Lipinski definition) is 2. The summed E-state index contributed by atoms with van der Waals surface area (Å²) in [5, 5.41) is 21.5. The molecule has 5 saturated carbocycles. The fourth-order valence-electron chi connectivity index (χ4n) is 12.3. The number of aliphatic hydroxyl groups excluding tert-OH is 1. The van der Waals surface area contributed by atoms with Crippen molar-refractivity contribution in [3.05, 3.63) is 0 Å². The van der Waals surface area contributed by atoms with Crippen molar-refractivity contribution in [1.29, 1.82) is 0 Å². The molecule has 13 atom stereocenters. The summed E-state index contributed by atoms with van der Waals surface area (Å²) in [6.45, 7) is 17.2. The van der Waals surface area contributed by atoms with Gasteiger partial charge in [-0.25, -0.2) is 0 Å². The lowest BCUT2D eigenvalue weighted by molar-refractivity contribution is -0.276. The lowest BCUT2D eigenvalue weighted by Gasteiger charge is -2.74. The van der Waals surface area contributed by atoms with E-state index in [-0.39, 0.29) is 39.5 Å². The first-order valence-corrected chi connectivity index (χ1v) is 15.4. The molecule has 5 heteroatoms. The number of aliphatic hydroxyl groups is 1. The number of aliphatic carboxylic acids is 1. The molecule has 0 radical (unpaired) electrons. The first-order valence-electron chi connectivity index (χ1n) is 15.4. The molecule has 1 spiro atoms. The third-order valence-corrected chi connectivity index (χ3v) is 14.8. The van der Waals surface area contributed by atoms with Crippen molar-refractivity contribution in [3.63, 3.8) is 0 Å². The lowest BCUT2D eigenvalue weighted by Crippen LogP contribution is -2.69. The number of carboxylic acid groups (broad SMARTS) is 1. The summed E-state index contributed by atoms with van der Waals surface area (Å²) >= 11 is 0. The van der Waals surface area contributed by atoms with E-state index >= 15 is 0 Å². The maximum Gasteiger partial charge on any atom is 0.309 e. The summed E-state index contributed by atoms with van der Waals surface area (Å²) in [6, 6.07) is 0. The maximum atomic E-state index is 12.4. The summed E-state index contributed by atoms with van der Waals surface area (Å²) in [4.78, 5) is 12.4. The highest BCUT2D eigenvalue weighted by Gasteiger charge is 2.75. The van der Waals surface area contributed by atoms with E-state index in [1.54, 1.807) is 0 Å². The third kappa shape index (κ3) is 3.06. The topological polar surface area (TPSA) is 76.0 Å². The molecule has 1 saturated heterocycles. The Labute approximate surface area is 224 Å². The van der Waals surface area contributed by atoms with Crippen molar-refractivity contribution < 1.29 is 24.5 Å². The SMILES string of the molecule is CCO[C@H]1O[C@H]2[C@H](O)C[C@H]3[C@]4(C)CC[C@@]5(C)[C@@H]6C[C@](C)(C(=O)O)CC[C@]6(C)CC[C@]5(C)[C@H]4CC[C@@]13[C@H]2C. The van der Waals surface area contributed by atoms with Gasteiger partial charge in [0.05, 0.1) is 17.6 Å². The molecule has 0 aromatic carbocycles. The molecule has 0 aromatic heterocycles. The molecule has 5 aliphatic carbocycles. The van der Waals surface area contributed by atoms with Gasteiger partial charge in [0, 0.05) is 12.0 Å². The second kappa shape index (κ2) is 7.97. The van der Waals surface area contributed by atoms with Gasteiger partial charge >= 0.3 is 5.97 Å². The molecular formula is C32H52O5. The third-order valence-electron chi connectivity index (χ3n) is 14.8. The van der Waals surface area contributed by atoms with Gasteiger partial charge in [-0.3, -0.25) is 4.79 Å². The molecule has 0 unspecified atom stereocenters. The van der Waals surface area contributed by atoms with Crippen LogP contribution >= 0.6 is 0 Å². The molecule has 6 fully saturated rings. The molecule has 6 aliphatic rings. The minimum atomic E-state index is -0.605. The largest absolute Gasteiger partial charge is 0.481 e. The monoisotopic (exact) mass is 516 g/mol. The summed E-state index contributed by atoms with van der Waals surface area (Å²) in [7, 11) is 0. The second-order valence-corrected chi connectivity index (χ2v) is 15.9. The van der Waals surface area contributed by atoms with Gasteiger partial charge in [0.15, 0.2) is 6.29 Å². The molecule has 1 heterocycles. The maximum absolute atomic E-state index is 12.4. The smallest absolute Gasteiger partial charge is 0.309 e. The van der Waals surface area contributed by atoms with Crippen LogP contribution in [-0.2, 0) is 14.3 Å². The average Bonchev–Trinajstić information content (AvgIpc) is 3.02.